The van der Waals surface area contributed by atoms with Gasteiger partial charge in [0.25, 0.3) is 0 Å². The molecule has 7 rings (SSSR count). The van der Waals surface area contributed by atoms with E-state index in [0.29, 0.717) is 11.5 Å². The Labute approximate surface area is 162 Å². The van der Waals surface area contributed by atoms with Crippen LogP contribution < -0.4 is 10.5 Å². The Morgan fingerprint density at radius 3 is 2.52 bits per heavy atom. The first-order valence-corrected chi connectivity index (χ1v) is 10.7. The summed E-state index contributed by atoms with van der Waals surface area (Å²) in [5, 5.41) is 19.8. The first kappa shape index (κ1) is 15.8. The van der Waals surface area contributed by atoms with Crippen LogP contribution in [0.15, 0.2) is 29.0 Å². The second kappa shape index (κ2) is 5.39. The molecule has 1 atom stereocenters. The maximum absolute atomic E-state index is 9.82. The lowest BCUT2D eigenvalue weighted by Crippen LogP contribution is -2.49. The molecule has 0 amide bonds. The van der Waals surface area contributed by atoms with Gasteiger partial charge >= 0.3 is 0 Å². The van der Waals surface area contributed by atoms with E-state index in [0.717, 1.165) is 28.2 Å². The number of rotatable bonds is 2. The lowest BCUT2D eigenvalue weighted by Gasteiger charge is -2.56. The van der Waals surface area contributed by atoms with Crippen molar-refractivity contribution in [3.05, 3.63) is 45.1 Å². The van der Waals surface area contributed by atoms with Gasteiger partial charge in [-0.1, -0.05) is 6.07 Å². The number of nitriles is 1. The van der Waals surface area contributed by atoms with Crippen LogP contribution in [-0.2, 0) is 5.41 Å². The lowest BCUT2D eigenvalue weighted by atomic mass is 9.48. The minimum Gasteiger partial charge on any atom is -0.420 e. The molecule has 4 aliphatic carbocycles. The summed E-state index contributed by atoms with van der Waals surface area (Å²) >= 11 is 1.67. The molecular weight excluding hydrogens is 356 g/mol. The van der Waals surface area contributed by atoms with Gasteiger partial charge in [0.1, 0.15) is 11.6 Å². The van der Waals surface area contributed by atoms with Crippen molar-refractivity contribution in [2.24, 2.45) is 23.5 Å². The number of hydrogen-bond donors (Lipinski definition) is 2. The number of nitrogens with two attached hydrogens (primary N) is 1. The van der Waals surface area contributed by atoms with Crippen LogP contribution in [0, 0.1) is 29.1 Å². The third kappa shape index (κ3) is 2.12. The van der Waals surface area contributed by atoms with Gasteiger partial charge in [0.15, 0.2) is 0 Å². The maximum Gasteiger partial charge on any atom is 0.244 e. The van der Waals surface area contributed by atoms with Crippen molar-refractivity contribution in [1.82, 2.24) is 10.2 Å². The Hall–Kier alpha value is -2.26. The van der Waals surface area contributed by atoms with E-state index in [1.165, 1.54) is 44.2 Å². The summed E-state index contributed by atoms with van der Waals surface area (Å²) in [6, 6.07) is 6.44. The zero-order valence-electron chi connectivity index (χ0n) is 15.1. The maximum atomic E-state index is 9.82. The minimum absolute atomic E-state index is 0.166. The molecule has 0 spiro atoms. The standard InChI is InChI=1S/C21H22N4OS/c22-10-14-16(15-2-1-3-27-15)17-18(24-25-20(17)26-19(14)23)21-7-11-4-12(8-21)6-13(5-11)9-21/h1-3,11-13,16H,4-9,23H2,(H,24,25). The van der Waals surface area contributed by atoms with Gasteiger partial charge in [-0.2, -0.15) is 5.26 Å². The number of fused-ring (bicyclic) bond motifs is 1. The van der Waals surface area contributed by atoms with Crippen molar-refractivity contribution in [3.8, 4) is 11.9 Å². The predicted octanol–water partition coefficient (Wildman–Crippen LogP) is 4.16. The van der Waals surface area contributed by atoms with Gasteiger partial charge in [-0.3, -0.25) is 5.10 Å². The SMILES string of the molecule is N#CC1=C(N)Oc2n[nH]c(C34CC5CC(CC(C5)C3)C4)c2C1c1cccs1. The largest absolute Gasteiger partial charge is 0.420 e. The topological polar surface area (TPSA) is 87.7 Å². The van der Waals surface area contributed by atoms with Crippen molar-refractivity contribution < 1.29 is 4.74 Å². The molecule has 3 N–H and O–H groups in total. The molecule has 5 nitrogen and oxygen atoms in total. The lowest BCUT2D eigenvalue weighted by molar-refractivity contribution is -0.00767. The Morgan fingerprint density at radius 2 is 1.93 bits per heavy atom. The number of allylic oxidation sites excluding steroid dienone is 1. The van der Waals surface area contributed by atoms with Crippen molar-refractivity contribution in [2.75, 3.05) is 0 Å². The Balaban J connectivity index is 1.53. The van der Waals surface area contributed by atoms with E-state index in [1.807, 2.05) is 6.07 Å². The van der Waals surface area contributed by atoms with E-state index in [9.17, 15) is 5.26 Å². The molecule has 2 aromatic rings. The number of aromatic nitrogens is 2. The van der Waals surface area contributed by atoms with Crippen LogP contribution in [0.2, 0.25) is 0 Å². The number of nitrogens with zero attached hydrogens (tertiary/aromatic N) is 2. The van der Waals surface area contributed by atoms with Crippen LogP contribution in [0.3, 0.4) is 0 Å². The van der Waals surface area contributed by atoms with E-state index in [2.05, 4.69) is 27.7 Å². The van der Waals surface area contributed by atoms with Gasteiger partial charge in [0.2, 0.25) is 11.8 Å². The van der Waals surface area contributed by atoms with E-state index in [4.69, 9.17) is 10.5 Å². The number of H-pyrrole nitrogens is 1. The molecule has 1 aliphatic heterocycles. The van der Waals surface area contributed by atoms with Crippen LogP contribution in [0.1, 0.15) is 60.6 Å². The highest BCUT2D eigenvalue weighted by molar-refractivity contribution is 7.10. The summed E-state index contributed by atoms with van der Waals surface area (Å²) in [5.41, 5.74) is 9.06. The first-order valence-electron chi connectivity index (χ1n) is 9.86. The monoisotopic (exact) mass is 378 g/mol. The Kier molecular flexibility index (Phi) is 3.14. The van der Waals surface area contributed by atoms with Gasteiger partial charge < -0.3 is 10.5 Å². The molecule has 3 heterocycles. The molecule has 0 aromatic carbocycles. The average Bonchev–Trinajstić information content (AvgIpc) is 3.29. The molecule has 0 radical (unpaired) electrons. The van der Waals surface area contributed by atoms with Crippen molar-refractivity contribution in [1.29, 1.82) is 5.26 Å². The molecule has 27 heavy (non-hydrogen) atoms. The minimum atomic E-state index is -0.166. The molecular formula is C21H22N4OS. The second-order valence-electron chi connectivity index (χ2n) is 8.96. The number of hydrogen-bond acceptors (Lipinski definition) is 5. The van der Waals surface area contributed by atoms with Gasteiger partial charge in [-0.05, 0) is 67.7 Å². The zero-order chi connectivity index (χ0) is 18.2. The molecule has 0 saturated heterocycles. The van der Waals surface area contributed by atoms with E-state index >= 15 is 0 Å². The number of aromatic amines is 1. The van der Waals surface area contributed by atoms with Gasteiger partial charge in [-0.15, -0.1) is 16.4 Å². The molecule has 2 aromatic heterocycles. The van der Waals surface area contributed by atoms with Crippen LogP contribution in [0.25, 0.3) is 0 Å². The predicted molar refractivity (Wildman–Crippen MR) is 102 cm³/mol. The first-order chi connectivity index (χ1) is 13.2. The summed E-state index contributed by atoms with van der Waals surface area (Å²) < 4.78 is 5.80. The second-order valence-corrected chi connectivity index (χ2v) is 9.93. The molecule has 6 heteroatoms. The highest BCUT2D eigenvalue weighted by Crippen LogP contribution is 2.62. The quantitative estimate of drug-likeness (QED) is 0.821. The third-order valence-electron chi connectivity index (χ3n) is 7.34. The zero-order valence-corrected chi connectivity index (χ0v) is 15.9. The molecule has 5 aliphatic rings. The Morgan fingerprint density at radius 1 is 1.22 bits per heavy atom. The van der Waals surface area contributed by atoms with Crippen molar-refractivity contribution >= 4 is 11.3 Å². The molecule has 4 saturated carbocycles. The normalized spacial score (nSPS) is 36.4. The molecule has 4 bridgehead atoms. The third-order valence-corrected chi connectivity index (χ3v) is 8.27. The highest BCUT2D eigenvalue weighted by Gasteiger charge is 2.54. The Bertz CT molecular complexity index is 945. The van der Waals surface area contributed by atoms with E-state index in [-0.39, 0.29) is 17.2 Å². The van der Waals surface area contributed by atoms with Gasteiger partial charge in [-0.25, -0.2) is 0 Å². The summed E-state index contributed by atoms with van der Waals surface area (Å²) in [6.07, 6.45) is 7.92. The fraction of sp³-hybridized carbons (Fsp3) is 0.524. The summed E-state index contributed by atoms with van der Waals surface area (Å²) in [4.78, 5) is 1.13. The van der Waals surface area contributed by atoms with Crippen molar-refractivity contribution in [3.63, 3.8) is 0 Å². The van der Waals surface area contributed by atoms with Crippen molar-refractivity contribution in [2.45, 2.75) is 49.9 Å². The van der Waals surface area contributed by atoms with E-state index < -0.39 is 0 Å². The average molecular weight is 379 g/mol. The smallest absolute Gasteiger partial charge is 0.244 e. The van der Waals surface area contributed by atoms with Crippen LogP contribution in [0.5, 0.6) is 5.88 Å². The highest BCUT2D eigenvalue weighted by atomic mass is 32.1. The summed E-state index contributed by atoms with van der Waals surface area (Å²) in [5.74, 6) is 3.12. The summed E-state index contributed by atoms with van der Waals surface area (Å²) in [6.45, 7) is 0. The van der Waals surface area contributed by atoms with E-state index in [1.54, 1.807) is 11.3 Å². The molecule has 138 valence electrons. The van der Waals surface area contributed by atoms with Crippen LogP contribution in [0.4, 0.5) is 0 Å². The van der Waals surface area contributed by atoms with Crippen LogP contribution >= 0.6 is 11.3 Å². The summed E-state index contributed by atoms with van der Waals surface area (Å²) in [7, 11) is 0. The van der Waals surface area contributed by atoms with Gasteiger partial charge in [0, 0.05) is 16.0 Å². The number of thiophene rings is 1. The number of nitrogens with one attached hydrogen (secondary N) is 1. The molecule has 4 fully saturated rings. The molecule has 1 unspecified atom stereocenters. The fourth-order valence-corrected chi connectivity index (χ4v) is 7.65. The van der Waals surface area contributed by atoms with Gasteiger partial charge in [0.05, 0.1) is 11.5 Å². The van der Waals surface area contributed by atoms with Crippen LogP contribution in [-0.4, -0.2) is 10.2 Å². The fourth-order valence-electron chi connectivity index (χ4n) is 6.81. The number of ether oxygens (including phenoxy) is 1.